The minimum absolute atomic E-state index is 0.134. The summed E-state index contributed by atoms with van der Waals surface area (Å²) in [4.78, 5) is 21.1. The molecule has 4 rings (SSSR count). The molecule has 0 aliphatic heterocycles. The Morgan fingerprint density at radius 2 is 2.04 bits per heavy atom. The van der Waals surface area contributed by atoms with E-state index >= 15 is 0 Å². The Labute approximate surface area is 158 Å². The van der Waals surface area contributed by atoms with Crippen LogP contribution in [0.2, 0.25) is 5.02 Å². The number of nitrogens with zero attached hydrogens (tertiary/aromatic N) is 7. The van der Waals surface area contributed by atoms with Crippen molar-refractivity contribution < 1.29 is 4.52 Å². The summed E-state index contributed by atoms with van der Waals surface area (Å²) in [6, 6.07) is 7.68. The number of hydrogen-bond acceptors (Lipinski definition) is 7. The molecule has 0 saturated carbocycles. The van der Waals surface area contributed by atoms with Gasteiger partial charge in [-0.05, 0) is 23.6 Å². The molecule has 0 spiro atoms. The Hall–Kier alpha value is -3.07. The largest absolute Gasteiger partial charge is 0.337 e. The molecular formula is C17H16ClN7O2. The van der Waals surface area contributed by atoms with Crippen molar-refractivity contribution in [1.82, 2.24) is 34.7 Å². The first-order chi connectivity index (χ1) is 13.0. The van der Waals surface area contributed by atoms with Crippen LogP contribution >= 0.6 is 11.6 Å². The first-order valence-electron chi connectivity index (χ1n) is 8.33. The summed E-state index contributed by atoms with van der Waals surface area (Å²) in [6.45, 7) is 2.21. The van der Waals surface area contributed by atoms with Crippen LogP contribution in [0.4, 0.5) is 0 Å². The van der Waals surface area contributed by atoms with Crippen molar-refractivity contribution >= 4 is 22.8 Å². The maximum absolute atomic E-state index is 12.5. The highest BCUT2D eigenvalue weighted by Crippen LogP contribution is 2.21. The van der Waals surface area contributed by atoms with E-state index in [1.165, 1.54) is 15.6 Å². The van der Waals surface area contributed by atoms with Gasteiger partial charge in [-0.1, -0.05) is 41.0 Å². The average molecular weight is 386 g/mol. The molecule has 138 valence electrons. The third-order valence-corrected chi connectivity index (χ3v) is 4.59. The second kappa shape index (κ2) is 6.92. The van der Waals surface area contributed by atoms with Gasteiger partial charge in [-0.2, -0.15) is 4.98 Å². The zero-order valence-corrected chi connectivity index (χ0v) is 15.5. The second-order valence-corrected chi connectivity index (χ2v) is 6.76. The smallest absolute Gasteiger partial charge is 0.281 e. The predicted octanol–water partition coefficient (Wildman–Crippen LogP) is 1.96. The van der Waals surface area contributed by atoms with Crippen LogP contribution in [-0.4, -0.2) is 34.7 Å². The van der Waals surface area contributed by atoms with E-state index in [2.05, 4.69) is 32.4 Å². The lowest BCUT2D eigenvalue weighted by Crippen LogP contribution is -2.22. The molecular weight excluding hydrogens is 370 g/mol. The van der Waals surface area contributed by atoms with Crippen molar-refractivity contribution in [2.75, 3.05) is 0 Å². The van der Waals surface area contributed by atoms with Gasteiger partial charge in [0.2, 0.25) is 11.5 Å². The lowest BCUT2D eigenvalue weighted by atomic mass is 9.98. The van der Waals surface area contributed by atoms with Gasteiger partial charge in [0.25, 0.3) is 5.56 Å². The number of fused-ring (bicyclic) bond motifs is 1. The third kappa shape index (κ3) is 3.45. The fraction of sp³-hybridized carbons (Fsp3) is 0.294. The first kappa shape index (κ1) is 17.3. The topological polar surface area (TPSA) is 105 Å². The number of benzene rings is 1. The molecule has 0 bridgehead atoms. The minimum Gasteiger partial charge on any atom is -0.337 e. The summed E-state index contributed by atoms with van der Waals surface area (Å²) in [5.74, 6) is 1.12. The van der Waals surface area contributed by atoms with E-state index in [4.69, 9.17) is 16.1 Å². The van der Waals surface area contributed by atoms with Gasteiger partial charge in [-0.15, -0.1) is 5.10 Å². The summed E-state index contributed by atoms with van der Waals surface area (Å²) in [7, 11) is 1.64. The van der Waals surface area contributed by atoms with Gasteiger partial charge in [0, 0.05) is 18.5 Å². The summed E-state index contributed by atoms with van der Waals surface area (Å²) in [5, 5.41) is 12.4. The maximum Gasteiger partial charge on any atom is 0.281 e. The Morgan fingerprint density at radius 3 is 2.81 bits per heavy atom. The van der Waals surface area contributed by atoms with Crippen molar-refractivity contribution in [2.24, 2.45) is 7.05 Å². The van der Waals surface area contributed by atoms with E-state index < -0.39 is 0 Å². The lowest BCUT2D eigenvalue weighted by Gasteiger charge is -2.08. The molecule has 1 aromatic carbocycles. The number of aryl methyl sites for hydroxylation is 1. The van der Waals surface area contributed by atoms with Crippen molar-refractivity contribution in [2.45, 2.75) is 25.8 Å². The Bertz CT molecular complexity index is 1150. The zero-order valence-electron chi connectivity index (χ0n) is 14.7. The van der Waals surface area contributed by atoms with Crippen molar-refractivity contribution in [3.63, 3.8) is 0 Å². The molecule has 0 fully saturated rings. The molecule has 1 unspecified atom stereocenters. The summed E-state index contributed by atoms with van der Waals surface area (Å²) in [5.41, 5.74) is 1.51. The predicted molar refractivity (Wildman–Crippen MR) is 97.5 cm³/mol. The Kier molecular flexibility index (Phi) is 4.44. The van der Waals surface area contributed by atoms with Gasteiger partial charge < -0.3 is 4.52 Å². The van der Waals surface area contributed by atoms with E-state index in [-0.39, 0.29) is 18.0 Å². The van der Waals surface area contributed by atoms with Crippen molar-refractivity contribution in [1.29, 1.82) is 0 Å². The van der Waals surface area contributed by atoms with Gasteiger partial charge in [-0.25, -0.2) is 9.67 Å². The zero-order chi connectivity index (χ0) is 19.0. The van der Waals surface area contributed by atoms with Crippen LogP contribution in [0, 0.1) is 0 Å². The van der Waals surface area contributed by atoms with E-state index in [9.17, 15) is 4.79 Å². The average Bonchev–Trinajstić information content (AvgIpc) is 3.25. The fourth-order valence-corrected chi connectivity index (χ4v) is 2.98. The molecule has 1 atom stereocenters. The number of aromatic nitrogens is 7. The monoisotopic (exact) mass is 385 g/mol. The standard InChI is InChI=1S/C17H16ClN7O2/c1-10(11-3-5-12(18)6-4-11)7-13-20-14(27-22-13)8-25-9-19-16-15(17(25)26)24(2)23-21-16/h3-6,9-10H,7-8H2,1-2H3. The van der Waals surface area contributed by atoms with Crippen molar-refractivity contribution in [3.05, 3.63) is 63.2 Å². The van der Waals surface area contributed by atoms with Crippen LogP contribution in [0.5, 0.6) is 0 Å². The van der Waals surface area contributed by atoms with Gasteiger partial charge in [0.1, 0.15) is 12.9 Å². The second-order valence-electron chi connectivity index (χ2n) is 6.32. The number of hydrogen-bond donors (Lipinski definition) is 0. The van der Waals surface area contributed by atoms with Crippen LogP contribution in [-0.2, 0) is 20.0 Å². The quantitative estimate of drug-likeness (QED) is 0.517. The molecule has 0 N–H and O–H groups in total. The fourth-order valence-electron chi connectivity index (χ4n) is 2.86. The number of rotatable bonds is 5. The Balaban J connectivity index is 1.51. The van der Waals surface area contributed by atoms with Gasteiger partial charge in [0.05, 0.1) is 0 Å². The SMILES string of the molecule is CC(Cc1noc(Cn2cnc3nnn(C)c3c2=O)n1)c1ccc(Cl)cc1. The van der Waals surface area contributed by atoms with Gasteiger partial charge in [0.15, 0.2) is 11.3 Å². The number of halogens is 1. The van der Waals surface area contributed by atoms with E-state index in [1.807, 2.05) is 24.3 Å². The van der Waals surface area contributed by atoms with E-state index in [1.54, 1.807) is 7.05 Å². The van der Waals surface area contributed by atoms with Crippen LogP contribution in [0.3, 0.4) is 0 Å². The molecule has 27 heavy (non-hydrogen) atoms. The molecule has 0 aliphatic rings. The highest BCUT2D eigenvalue weighted by Gasteiger charge is 2.15. The molecule has 9 nitrogen and oxygen atoms in total. The van der Waals surface area contributed by atoms with Crippen LogP contribution in [0.1, 0.15) is 30.1 Å². The van der Waals surface area contributed by atoms with Crippen LogP contribution < -0.4 is 5.56 Å². The normalized spacial score (nSPS) is 12.6. The molecule has 0 aliphatic carbocycles. The molecule has 3 aromatic heterocycles. The molecule has 4 aromatic rings. The highest BCUT2D eigenvalue weighted by molar-refractivity contribution is 6.30. The molecule has 0 amide bonds. The van der Waals surface area contributed by atoms with E-state index in [0.29, 0.717) is 34.3 Å². The van der Waals surface area contributed by atoms with Gasteiger partial charge in [-0.3, -0.25) is 9.36 Å². The van der Waals surface area contributed by atoms with E-state index in [0.717, 1.165) is 5.56 Å². The lowest BCUT2D eigenvalue weighted by molar-refractivity contribution is 0.363. The molecule has 3 heterocycles. The summed E-state index contributed by atoms with van der Waals surface area (Å²) < 4.78 is 8.09. The summed E-state index contributed by atoms with van der Waals surface area (Å²) >= 11 is 5.93. The molecule has 0 radical (unpaired) electrons. The third-order valence-electron chi connectivity index (χ3n) is 4.34. The van der Waals surface area contributed by atoms with Crippen LogP contribution in [0.25, 0.3) is 11.2 Å². The van der Waals surface area contributed by atoms with Crippen LogP contribution in [0.15, 0.2) is 39.9 Å². The first-order valence-corrected chi connectivity index (χ1v) is 8.71. The molecule has 10 heteroatoms. The van der Waals surface area contributed by atoms with Gasteiger partial charge >= 0.3 is 0 Å². The van der Waals surface area contributed by atoms with Crippen molar-refractivity contribution in [3.8, 4) is 0 Å². The molecule has 0 saturated heterocycles. The highest BCUT2D eigenvalue weighted by atomic mass is 35.5. The Morgan fingerprint density at radius 1 is 1.26 bits per heavy atom. The minimum atomic E-state index is -0.262. The summed E-state index contributed by atoms with van der Waals surface area (Å²) in [6.07, 6.45) is 2.02. The maximum atomic E-state index is 12.5.